The Labute approximate surface area is 242 Å². The number of alkyl halides is 3. The number of carbonyl (C=O) groups excluding carboxylic acids is 1. The third-order valence-corrected chi connectivity index (χ3v) is 8.11. The van der Waals surface area contributed by atoms with Gasteiger partial charge in [-0.3, -0.25) is 10.3 Å². The van der Waals surface area contributed by atoms with Crippen molar-refractivity contribution in [3.63, 3.8) is 0 Å². The highest BCUT2D eigenvalue weighted by molar-refractivity contribution is 7.81. The van der Waals surface area contributed by atoms with Crippen molar-refractivity contribution in [1.29, 1.82) is 10.7 Å². The van der Waals surface area contributed by atoms with Crippen molar-refractivity contribution < 1.29 is 22.7 Å². The number of rotatable bonds is 3. The van der Waals surface area contributed by atoms with Crippen molar-refractivity contribution in [2.45, 2.75) is 57.3 Å². The average Bonchev–Trinajstić information content (AvgIpc) is 3.13. The molecule has 1 N–H and O–H groups in total. The summed E-state index contributed by atoms with van der Waals surface area (Å²) in [6.07, 6.45) is -2.86. The van der Waals surface area contributed by atoms with Gasteiger partial charge in [0.2, 0.25) is 0 Å². The average molecular weight is 585 g/mol. The molecule has 5 rings (SSSR count). The summed E-state index contributed by atoms with van der Waals surface area (Å²) in [4.78, 5) is 19.5. The van der Waals surface area contributed by atoms with E-state index in [1.165, 1.54) is 11.0 Å². The largest absolute Gasteiger partial charge is 0.444 e. The number of thiocarbonyl (C=S) groups is 1. The zero-order valence-electron chi connectivity index (χ0n) is 23.1. The lowest BCUT2D eigenvalue weighted by molar-refractivity contribution is -0.137. The highest BCUT2D eigenvalue weighted by Gasteiger charge is 2.57. The van der Waals surface area contributed by atoms with Crippen molar-refractivity contribution in [1.82, 2.24) is 4.90 Å². The summed E-state index contributed by atoms with van der Waals surface area (Å²) in [6, 6.07) is 12.8. The van der Waals surface area contributed by atoms with Gasteiger partial charge < -0.3 is 19.4 Å². The lowest BCUT2D eigenvalue weighted by Crippen LogP contribution is -2.55. The lowest BCUT2D eigenvalue weighted by Gasteiger charge is -2.44. The number of amidine groups is 1. The molecule has 3 aliphatic rings. The number of ether oxygens (including phenoxy) is 1. The second-order valence-corrected chi connectivity index (χ2v) is 11.9. The van der Waals surface area contributed by atoms with Crippen molar-refractivity contribution >= 4 is 46.3 Å². The fourth-order valence-corrected chi connectivity index (χ4v) is 6.03. The maximum absolute atomic E-state index is 13.7. The summed E-state index contributed by atoms with van der Waals surface area (Å²) in [5, 5.41) is 18.4. The van der Waals surface area contributed by atoms with Crippen molar-refractivity contribution in [2.24, 2.45) is 0 Å². The number of nitriles is 1. The fourth-order valence-electron chi connectivity index (χ4n) is 5.55. The minimum atomic E-state index is -4.72. The first kappa shape index (κ1) is 28.7. The van der Waals surface area contributed by atoms with Crippen molar-refractivity contribution in [3.8, 4) is 6.07 Å². The molecule has 8 nitrogen and oxygen atoms in total. The van der Waals surface area contributed by atoms with Crippen LogP contribution in [0.25, 0.3) is 0 Å². The second-order valence-electron chi connectivity index (χ2n) is 11.5. The standard InChI is InChI=1S/C29H31F3N6O2S/c1-27(2,3)40-26(39)36-15-13-35(14-16-36)20-7-9-21(10-8-20)38-25(41)37(24(34)28(38)11-4-12-28)22-6-5-19(18-33)23(17-22)29(30,31)32/h5-10,17,34H,4,11-16H2,1-3H3. The zero-order valence-corrected chi connectivity index (χ0v) is 23.9. The van der Waals surface area contributed by atoms with Crippen LogP contribution in [-0.4, -0.2) is 59.3 Å². The second kappa shape index (κ2) is 10.2. The van der Waals surface area contributed by atoms with Gasteiger partial charge in [0, 0.05) is 37.6 Å². The molecule has 1 spiro atoms. The Morgan fingerprint density at radius 1 is 1.00 bits per heavy atom. The monoisotopic (exact) mass is 584 g/mol. The van der Waals surface area contributed by atoms with Crippen LogP contribution in [0.3, 0.4) is 0 Å². The van der Waals surface area contributed by atoms with E-state index >= 15 is 0 Å². The van der Waals surface area contributed by atoms with Gasteiger partial charge in [-0.2, -0.15) is 18.4 Å². The van der Waals surface area contributed by atoms with Gasteiger partial charge in [-0.15, -0.1) is 0 Å². The molecule has 2 heterocycles. The van der Waals surface area contributed by atoms with Crippen LogP contribution in [-0.2, 0) is 10.9 Å². The van der Waals surface area contributed by atoms with Crippen LogP contribution in [0.2, 0.25) is 0 Å². The van der Waals surface area contributed by atoms with Crippen LogP contribution < -0.4 is 14.7 Å². The molecular weight excluding hydrogens is 553 g/mol. The third-order valence-electron chi connectivity index (χ3n) is 7.75. The molecule has 41 heavy (non-hydrogen) atoms. The molecular formula is C29H31F3N6O2S. The van der Waals surface area contributed by atoms with Gasteiger partial charge in [-0.05, 0) is 94.7 Å². The van der Waals surface area contributed by atoms with Crippen LogP contribution in [0.5, 0.6) is 0 Å². The number of halogens is 3. The first-order valence-electron chi connectivity index (χ1n) is 13.4. The van der Waals surface area contributed by atoms with E-state index < -0.39 is 28.4 Å². The van der Waals surface area contributed by atoms with Gasteiger partial charge >= 0.3 is 12.3 Å². The van der Waals surface area contributed by atoms with E-state index in [-0.39, 0.29) is 22.7 Å². The van der Waals surface area contributed by atoms with Gasteiger partial charge in [0.1, 0.15) is 17.0 Å². The zero-order chi connectivity index (χ0) is 29.7. The Morgan fingerprint density at radius 3 is 2.10 bits per heavy atom. The van der Waals surface area contributed by atoms with Crippen LogP contribution in [0.1, 0.15) is 51.2 Å². The van der Waals surface area contributed by atoms with Crippen LogP contribution in [0, 0.1) is 16.7 Å². The summed E-state index contributed by atoms with van der Waals surface area (Å²) in [6.45, 7) is 7.87. The number of nitrogens with zero attached hydrogens (tertiary/aromatic N) is 5. The fraction of sp³-hybridized carbons (Fsp3) is 0.448. The molecule has 0 unspecified atom stereocenters. The van der Waals surface area contributed by atoms with E-state index in [4.69, 9.17) is 22.4 Å². The molecule has 2 aliphatic heterocycles. The van der Waals surface area contributed by atoms with Gasteiger partial charge in [0.25, 0.3) is 0 Å². The number of anilines is 3. The normalized spacial score (nSPS) is 19.0. The molecule has 0 bridgehead atoms. The Hall–Kier alpha value is -3.85. The molecule has 1 aliphatic carbocycles. The number of hydrogen-bond acceptors (Lipinski definition) is 6. The summed E-state index contributed by atoms with van der Waals surface area (Å²) in [5.74, 6) is 0.133. The number of carbonyl (C=O) groups is 1. The molecule has 0 radical (unpaired) electrons. The maximum atomic E-state index is 13.7. The van der Waals surface area contributed by atoms with E-state index in [1.54, 1.807) is 11.0 Å². The van der Waals surface area contributed by atoms with Crippen molar-refractivity contribution in [3.05, 3.63) is 53.6 Å². The van der Waals surface area contributed by atoms with Gasteiger partial charge in [0.05, 0.1) is 22.9 Å². The number of hydrogen-bond donors (Lipinski definition) is 1. The molecule has 0 atom stereocenters. The lowest BCUT2D eigenvalue weighted by atomic mass is 9.75. The molecule has 3 fully saturated rings. The highest BCUT2D eigenvalue weighted by Crippen LogP contribution is 2.48. The van der Waals surface area contributed by atoms with Crippen molar-refractivity contribution in [2.75, 3.05) is 40.9 Å². The predicted octanol–water partition coefficient (Wildman–Crippen LogP) is 6.15. The smallest absolute Gasteiger partial charge is 0.417 e. The number of piperazine rings is 1. The number of nitrogens with one attached hydrogen (secondary N) is 1. The topological polar surface area (TPSA) is 86.9 Å². The molecule has 2 aromatic rings. The summed E-state index contributed by atoms with van der Waals surface area (Å²) in [7, 11) is 0. The van der Waals surface area contributed by atoms with E-state index in [0.29, 0.717) is 39.0 Å². The molecule has 2 saturated heterocycles. The molecule has 0 aromatic heterocycles. The maximum Gasteiger partial charge on any atom is 0.417 e. The Balaban J connectivity index is 1.36. The molecule has 12 heteroatoms. The molecule has 2 aromatic carbocycles. The first-order chi connectivity index (χ1) is 19.2. The SMILES string of the molecule is CC(C)(C)OC(=O)N1CCN(c2ccc(N3C(=S)N(c4ccc(C#N)c(C(F)(F)F)c4)C(=N)C34CCC4)cc2)CC1. The Kier molecular flexibility index (Phi) is 7.14. The quantitative estimate of drug-likeness (QED) is 0.434. The van der Waals surface area contributed by atoms with Gasteiger partial charge in [-0.25, -0.2) is 4.79 Å². The highest BCUT2D eigenvalue weighted by atomic mass is 32.1. The van der Waals surface area contributed by atoms with Gasteiger partial charge in [-0.1, -0.05) is 0 Å². The summed E-state index contributed by atoms with van der Waals surface area (Å²) < 4.78 is 46.5. The van der Waals surface area contributed by atoms with Crippen LogP contribution in [0.15, 0.2) is 42.5 Å². The van der Waals surface area contributed by atoms with E-state index in [2.05, 4.69) is 4.90 Å². The minimum absolute atomic E-state index is 0.111. The van der Waals surface area contributed by atoms with E-state index in [1.807, 2.05) is 49.9 Å². The first-order valence-corrected chi connectivity index (χ1v) is 13.8. The molecule has 216 valence electrons. The third kappa shape index (κ3) is 5.19. The predicted molar refractivity (Wildman–Crippen MR) is 154 cm³/mol. The minimum Gasteiger partial charge on any atom is -0.444 e. The summed E-state index contributed by atoms with van der Waals surface area (Å²) in [5.41, 5.74) is -0.975. The molecule has 1 amide bonds. The number of amides is 1. The van der Waals surface area contributed by atoms with E-state index in [0.717, 1.165) is 29.9 Å². The van der Waals surface area contributed by atoms with Crippen LogP contribution >= 0.6 is 12.2 Å². The summed E-state index contributed by atoms with van der Waals surface area (Å²) >= 11 is 5.79. The van der Waals surface area contributed by atoms with E-state index in [9.17, 15) is 23.2 Å². The van der Waals surface area contributed by atoms with Crippen LogP contribution in [0.4, 0.5) is 35.0 Å². The number of benzene rings is 2. The Morgan fingerprint density at radius 2 is 1.59 bits per heavy atom. The Bertz CT molecular complexity index is 1420. The van der Waals surface area contributed by atoms with Gasteiger partial charge in [0.15, 0.2) is 5.11 Å². The molecule has 1 saturated carbocycles.